The van der Waals surface area contributed by atoms with E-state index in [9.17, 15) is 5.26 Å². The summed E-state index contributed by atoms with van der Waals surface area (Å²) in [4.78, 5) is 3.71. The first-order chi connectivity index (χ1) is 9.65. The molecule has 3 rings (SSSR count). The Balaban J connectivity index is 2.69. The van der Waals surface area contributed by atoms with Gasteiger partial charge in [-0.3, -0.25) is 0 Å². The van der Waals surface area contributed by atoms with Gasteiger partial charge in [0.05, 0.1) is 12.1 Å². The Hall–Kier alpha value is -2.84. The molecule has 0 atom stereocenters. The van der Waals surface area contributed by atoms with E-state index in [1.807, 2.05) is 50.2 Å². The van der Waals surface area contributed by atoms with Crippen molar-refractivity contribution < 1.29 is 0 Å². The van der Waals surface area contributed by atoms with E-state index in [0.29, 0.717) is 11.3 Å². The molecule has 0 aliphatic heterocycles. The minimum absolute atomic E-state index is 0.637. The summed E-state index contributed by atoms with van der Waals surface area (Å²) in [5.74, 6) is 0. The number of nitrogens with zero attached hydrogens (tertiary/aromatic N) is 2. The average molecular weight is 256 g/mol. The summed E-state index contributed by atoms with van der Waals surface area (Å²) >= 11 is 0. The van der Waals surface area contributed by atoms with Crippen molar-refractivity contribution in [3.05, 3.63) is 64.5 Å². The van der Waals surface area contributed by atoms with Crippen LogP contribution in [0.3, 0.4) is 0 Å². The molecule has 94 valence electrons. The van der Waals surface area contributed by atoms with Gasteiger partial charge in [0.25, 0.3) is 0 Å². The third-order valence-corrected chi connectivity index (χ3v) is 3.62. The lowest BCUT2D eigenvalue weighted by Crippen LogP contribution is -1.87. The number of nitriles is 1. The van der Waals surface area contributed by atoms with Crippen molar-refractivity contribution in [3.63, 3.8) is 0 Å². The van der Waals surface area contributed by atoms with E-state index in [1.54, 1.807) is 0 Å². The normalized spacial score (nSPS) is 10.4. The first-order valence-corrected chi connectivity index (χ1v) is 6.40. The number of hydrogen-bond donors (Lipinski definition) is 0. The highest BCUT2D eigenvalue weighted by molar-refractivity contribution is 6.15. The molecule has 0 spiro atoms. The highest BCUT2D eigenvalue weighted by atomic mass is 14.6. The van der Waals surface area contributed by atoms with Crippen molar-refractivity contribution >= 4 is 27.2 Å². The summed E-state index contributed by atoms with van der Waals surface area (Å²) in [5, 5.41) is 13.0. The Morgan fingerprint density at radius 3 is 2.10 bits per heavy atom. The zero-order chi connectivity index (χ0) is 14.3. The molecule has 0 fully saturated rings. The second kappa shape index (κ2) is 4.37. The van der Waals surface area contributed by atoms with Crippen LogP contribution in [0, 0.1) is 31.8 Å². The smallest absolute Gasteiger partial charge is 0.202 e. The first kappa shape index (κ1) is 12.2. The van der Waals surface area contributed by atoms with Gasteiger partial charge < -0.3 is 0 Å². The lowest BCUT2D eigenvalue weighted by atomic mass is 9.93. The molecule has 3 aromatic carbocycles. The molecule has 0 saturated carbocycles. The number of rotatable bonds is 0. The topological polar surface area (TPSA) is 28.1 Å². The van der Waals surface area contributed by atoms with E-state index >= 15 is 0 Å². The second-order valence-corrected chi connectivity index (χ2v) is 5.05. The van der Waals surface area contributed by atoms with E-state index in [0.717, 1.165) is 32.7 Å². The number of fused-ring (bicyclic) bond motifs is 2. The molecule has 0 N–H and O–H groups in total. The van der Waals surface area contributed by atoms with Crippen molar-refractivity contribution in [1.29, 1.82) is 5.26 Å². The van der Waals surface area contributed by atoms with E-state index in [-0.39, 0.29) is 0 Å². The van der Waals surface area contributed by atoms with Crippen molar-refractivity contribution in [2.45, 2.75) is 13.8 Å². The lowest BCUT2D eigenvalue weighted by Gasteiger charge is -2.10. The summed E-state index contributed by atoms with van der Waals surface area (Å²) < 4.78 is 0. The predicted molar refractivity (Wildman–Crippen MR) is 81.9 cm³/mol. The monoisotopic (exact) mass is 256 g/mol. The fourth-order valence-electron chi connectivity index (χ4n) is 2.67. The van der Waals surface area contributed by atoms with Gasteiger partial charge in [-0.1, -0.05) is 47.5 Å². The summed E-state index contributed by atoms with van der Waals surface area (Å²) in [6.07, 6.45) is 0. The van der Waals surface area contributed by atoms with Crippen molar-refractivity contribution in [1.82, 2.24) is 0 Å². The molecule has 0 amide bonds. The molecule has 0 saturated heterocycles. The van der Waals surface area contributed by atoms with E-state index in [2.05, 4.69) is 10.9 Å². The Labute approximate surface area is 117 Å². The lowest BCUT2D eigenvalue weighted by molar-refractivity contribution is 1.48. The quantitative estimate of drug-likeness (QED) is 0.409. The van der Waals surface area contributed by atoms with Gasteiger partial charge in [-0.15, -0.1) is 0 Å². The van der Waals surface area contributed by atoms with Gasteiger partial charge in [-0.05, 0) is 35.4 Å². The zero-order valence-corrected chi connectivity index (χ0v) is 11.4. The summed E-state index contributed by atoms with van der Waals surface area (Å²) in [5.41, 5.74) is 3.48. The van der Waals surface area contributed by atoms with E-state index < -0.39 is 0 Å². The average Bonchev–Trinajstić information content (AvgIpc) is 2.44. The van der Waals surface area contributed by atoms with E-state index in [1.165, 1.54) is 0 Å². The third-order valence-electron chi connectivity index (χ3n) is 3.62. The standard InChI is InChI=1S/C18H12N2/c1-11-5-7-14-15(8-11)17(10-19)13-6-4-12(2)9-16(13)18(14)20-3/h4-9H,1-2H3. The van der Waals surface area contributed by atoms with Gasteiger partial charge in [0.1, 0.15) is 6.07 Å². The van der Waals surface area contributed by atoms with E-state index in [4.69, 9.17) is 6.57 Å². The van der Waals surface area contributed by atoms with Gasteiger partial charge in [-0.25, -0.2) is 4.85 Å². The van der Waals surface area contributed by atoms with Gasteiger partial charge in [0, 0.05) is 0 Å². The molecule has 2 heteroatoms. The molecule has 0 bridgehead atoms. The summed E-state index contributed by atoms with van der Waals surface area (Å²) in [6, 6.07) is 14.1. The van der Waals surface area contributed by atoms with Crippen molar-refractivity contribution in [3.8, 4) is 6.07 Å². The molecule has 2 nitrogen and oxygen atoms in total. The summed E-state index contributed by atoms with van der Waals surface area (Å²) in [7, 11) is 0. The van der Waals surface area contributed by atoms with Crippen LogP contribution in [0.5, 0.6) is 0 Å². The Morgan fingerprint density at radius 2 is 1.50 bits per heavy atom. The number of hydrogen-bond acceptors (Lipinski definition) is 1. The molecule has 0 unspecified atom stereocenters. The predicted octanol–water partition coefficient (Wildman–Crippen LogP) is 5.03. The van der Waals surface area contributed by atoms with Crippen LogP contribution in [0.25, 0.3) is 26.4 Å². The minimum atomic E-state index is 0.637. The van der Waals surface area contributed by atoms with Crippen LogP contribution in [0.4, 0.5) is 5.69 Å². The molecule has 0 aliphatic carbocycles. The second-order valence-electron chi connectivity index (χ2n) is 5.05. The Bertz CT molecular complexity index is 858. The van der Waals surface area contributed by atoms with Crippen molar-refractivity contribution in [2.75, 3.05) is 0 Å². The van der Waals surface area contributed by atoms with Gasteiger partial charge in [0.15, 0.2) is 0 Å². The molecular weight excluding hydrogens is 244 g/mol. The van der Waals surface area contributed by atoms with Crippen LogP contribution in [-0.4, -0.2) is 0 Å². The molecule has 0 aliphatic rings. The largest absolute Gasteiger partial charge is 0.237 e. The maximum absolute atomic E-state index is 9.53. The number of aryl methyl sites for hydroxylation is 2. The number of benzene rings is 3. The van der Waals surface area contributed by atoms with Gasteiger partial charge in [-0.2, -0.15) is 5.26 Å². The van der Waals surface area contributed by atoms with Crippen LogP contribution in [0.1, 0.15) is 16.7 Å². The fraction of sp³-hybridized carbons (Fsp3) is 0.111. The Kier molecular flexibility index (Phi) is 2.67. The molecule has 0 aromatic heterocycles. The maximum Gasteiger partial charge on any atom is 0.202 e. The molecular formula is C18H12N2. The van der Waals surface area contributed by atoms with Crippen LogP contribution >= 0.6 is 0 Å². The third kappa shape index (κ3) is 1.63. The highest BCUT2D eigenvalue weighted by Gasteiger charge is 2.13. The summed E-state index contributed by atoms with van der Waals surface area (Å²) in [6.45, 7) is 11.5. The SMILES string of the molecule is [C-]#[N+]c1c2ccc(C)cc2c(C#N)c2ccc(C)cc12. The Morgan fingerprint density at radius 1 is 0.900 bits per heavy atom. The molecule has 20 heavy (non-hydrogen) atoms. The molecule has 0 radical (unpaired) electrons. The zero-order valence-electron chi connectivity index (χ0n) is 11.4. The fourth-order valence-corrected chi connectivity index (χ4v) is 2.67. The maximum atomic E-state index is 9.53. The minimum Gasteiger partial charge on any atom is -0.237 e. The van der Waals surface area contributed by atoms with Crippen LogP contribution in [-0.2, 0) is 0 Å². The van der Waals surface area contributed by atoms with Crippen LogP contribution in [0.15, 0.2) is 36.4 Å². The van der Waals surface area contributed by atoms with Crippen LogP contribution in [0.2, 0.25) is 0 Å². The van der Waals surface area contributed by atoms with Gasteiger partial charge >= 0.3 is 0 Å². The molecule has 3 aromatic rings. The highest BCUT2D eigenvalue weighted by Crippen LogP contribution is 2.38. The molecule has 0 heterocycles. The van der Waals surface area contributed by atoms with Crippen molar-refractivity contribution in [2.24, 2.45) is 0 Å². The van der Waals surface area contributed by atoms with Gasteiger partial charge in [0.2, 0.25) is 5.69 Å². The van der Waals surface area contributed by atoms with Crippen LogP contribution < -0.4 is 0 Å². The first-order valence-electron chi connectivity index (χ1n) is 6.40.